The molecule has 0 saturated carbocycles. The van der Waals surface area contributed by atoms with E-state index in [0.29, 0.717) is 0 Å². The SMILES string of the molecule is CCCCN(c1ccc(I)cn1)[n+]1ccccc1. The standard InChI is InChI=1S/C14H17IN3/c1-2-3-11-18(17-9-5-4-6-10-17)14-8-7-13(15)12-16-14/h4-10,12H,2-3,11H2,1H3/q+1. The molecule has 18 heavy (non-hydrogen) atoms. The average Bonchev–Trinajstić information content (AvgIpc) is 2.42. The monoisotopic (exact) mass is 354 g/mol. The van der Waals surface area contributed by atoms with E-state index in [1.807, 2.05) is 24.4 Å². The molecule has 0 amide bonds. The Kier molecular flexibility index (Phi) is 4.92. The summed E-state index contributed by atoms with van der Waals surface area (Å²) in [6.45, 7) is 3.17. The Morgan fingerprint density at radius 2 is 2.00 bits per heavy atom. The summed E-state index contributed by atoms with van der Waals surface area (Å²) < 4.78 is 3.25. The first-order valence-electron chi connectivity index (χ1n) is 6.17. The lowest BCUT2D eigenvalue weighted by molar-refractivity contribution is -0.684. The molecule has 2 aromatic heterocycles. The van der Waals surface area contributed by atoms with Crippen LogP contribution in [-0.4, -0.2) is 11.5 Å². The zero-order valence-corrected chi connectivity index (χ0v) is 12.6. The van der Waals surface area contributed by atoms with Crippen molar-refractivity contribution in [3.63, 3.8) is 0 Å². The summed E-state index contributed by atoms with van der Waals surface area (Å²) in [7, 11) is 0. The molecule has 0 bridgehead atoms. The molecule has 2 heterocycles. The number of hydrogen-bond donors (Lipinski definition) is 0. The lowest BCUT2D eigenvalue weighted by Crippen LogP contribution is -2.54. The molecule has 0 aliphatic rings. The number of unbranched alkanes of at least 4 members (excludes halogenated alkanes) is 1. The Balaban J connectivity index is 2.27. The van der Waals surface area contributed by atoms with Gasteiger partial charge in [-0.25, -0.2) is 4.98 Å². The van der Waals surface area contributed by atoms with Crippen LogP contribution in [0.3, 0.4) is 0 Å². The van der Waals surface area contributed by atoms with Crippen LogP contribution in [0.5, 0.6) is 0 Å². The quantitative estimate of drug-likeness (QED) is 0.608. The van der Waals surface area contributed by atoms with Crippen LogP contribution < -0.4 is 9.69 Å². The molecule has 0 aliphatic heterocycles. The highest BCUT2D eigenvalue weighted by molar-refractivity contribution is 14.1. The number of hydrogen-bond acceptors (Lipinski definition) is 2. The maximum atomic E-state index is 4.51. The summed E-state index contributed by atoms with van der Waals surface area (Å²) in [5, 5.41) is 2.19. The Morgan fingerprint density at radius 3 is 2.61 bits per heavy atom. The van der Waals surface area contributed by atoms with Crippen molar-refractivity contribution in [2.24, 2.45) is 0 Å². The van der Waals surface area contributed by atoms with E-state index in [0.717, 1.165) is 22.4 Å². The number of nitrogens with zero attached hydrogens (tertiary/aromatic N) is 3. The molecule has 0 aliphatic carbocycles. The van der Waals surface area contributed by atoms with Gasteiger partial charge in [0.05, 0.1) is 6.54 Å². The third-order valence-electron chi connectivity index (χ3n) is 2.68. The normalized spacial score (nSPS) is 10.3. The van der Waals surface area contributed by atoms with Crippen LogP contribution in [0.15, 0.2) is 48.9 Å². The zero-order chi connectivity index (χ0) is 12.8. The maximum Gasteiger partial charge on any atom is 0.200 e. The minimum absolute atomic E-state index is 0.971. The molecule has 2 rings (SSSR count). The second-order valence-corrected chi connectivity index (χ2v) is 5.31. The molecule has 0 N–H and O–H groups in total. The van der Waals surface area contributed by atoms with Crippen LogP contribution in [0.2, 0.25) is 0 Å². The van der Waals surface area contributed by atoms with E-state index in [4.69, 9.17) is 0 Å². The van der Waals surface area contributed by atoms with Gasteiger partial charge in [0, 0.05) is 21.9 Å². The Labute approximate surface area is 122 Å². The number of anilines is 1. The van der Waals surface area contributed by atoms with Gasteiger partial charge >= 0.3 is 0 Å². The van der Waals surface area contributed by atoms with E-state index in [1.54, 1.807) is 0 Å². The van der Waals surface area contributed by atoms with Gasteiger partial charge in [0.15, 0.2) is 18.2 Å². The molecule has 0 atom stereocenters. The molecular formula is C14H17IN3+. The van der Waals surface area contributed by atoms with Crippen molar-refractivity contribution >= 4 is 28.4 Å². The second kappa shape index (κ2) is 6.68. The van der Waals surface area contributed by atoms with E-state index in [2.05, 4.69) is 68.7 Å². The minimum atomic E-state index is 0.971. The van der Waals surface area contributed by atoms with Crippen LogP contribution in [-0.2, 0) is 0 Å². The lowest BCUT2D eigenvalue weighted by atomic mass is 10.3. The smallest absolute Gasteiger partial charge is 0.200 e. The number of halogens is 1. The fraction of sp³-hybridized carbons (Fsp3) is 0.286. The van der Waals surface area contributed by atoms with Gasteiger partial charge in [0.1, 0.15) is 0 Å². The lowest BCUT2D eigenvalue weighted by Gasteiger charge is -2.16. The van der Waals surface area contributed by atoms with Crippen LogP contribution in [0.4, 0.5) is 5.82 Å². The van der Waals surface area contributed by atoms with Crippen molar-refractivity contribution < 1.29 is 4.68 Å². The first-order chi connectivity index (χ1) is 8.81. The third-order valence-corrected chi connectivity index (χ3v) is 3.32. The van der Waals surface area contributed by atoms with Gasteiger partial charge < -0.3 is 0 Å². The predicted molar refractivity (Wildman–Crippen MR) is 81.2 cm³/mol. The molecule has 4 heteroatoms. The van der Waals surface area contributed by atoms with Gasteiger partial charge in [0.2, 0.25) is 0 Å². The molecule has 0 unspecified atom stereocenters. The van der Waals surface area contributed by atoms with Crippen molar-refractivity contribution in [2.45, 2.75) is 19.8 Å². The van der Waals surface area contributed by atoms with Crippen molar-refractivity contribution in [3.8, 4) is 0 Å². The number of rotatable bonds is 5. The van der Waals surface area contributed by atoms with Crippen molar-refractivity contribution in [2.75, 3.05) is 11.6 Å². The molecule has 3 nitrogen and oxygen atoms in total. The van der Waals surface area contributed by atoms with Crippen molar-refractivity contribution in [1.82, 2.24) is 4.98 Å². The summed E-state index contributed by atoms with van der Waals surface area (Å²) in [5.41, 5.74) is 0. The fourth-order valence-electron chi connectivity index (χ4n) is 1.73. The highest BCUT2D eigenvalue weighted by Gasteiger charge is 2.15. The van der Waals surface area contributed by atoms with Crippen molar-refractivity contribution in [1.29, 1.82) is 0 Å². The number of aromatic nitrogens is 2. The van der Waals surface area contributed by atoms with Gasteiger partial charge in [-0.3, -0.25) is 0 Å². The largest absolute Gasteiger partial charge is 0.233 e. The van der Waals surface area contributed by atoms with Gasteiger partial charge in [-0.05, 0) is 41.1 Å². The van der Waals surface area contributed by atoms with Crippen LogP contribution >= 0.6 is 22.6 Å². The summed E-state index contributed by atoms with van der Waals surface area (Å²) in [5.74, 6) is 0.986. The van der Waals surface area contributed by atoms with Gasteiger partial charge in [-0.15, -0.1) is 5.01 Å². The highest BCUT2D eigenvalue weighted by atomic mass is 127. The predicted octanol–water partition coefficient (Wildman–Crippen LogP) is 3.04. The van der Waals surface area contributed by atoms with Gasteiger partial charge in [0.25, 0.3) is 0 Å². The second-order valence-electron chi connectivity index (χ2n) is 4.07. The molecule has 0 fully saturated rings. The zero-order valence-electron chi connectivity index (χ0n) is 10.5. The van der Waals surface area contributed by atoms with Gasteiger partial charge in [-0.1, -0.05) is 24.1 Å². The van der Waals surface area contributed by atoms with Crippen LogP contribution in [0.1, 0.15) is 19.8 Å². The van der Waals surface area contributed by atoms with E-state index in [1.165, 1.54) is 6.42 Å². The van der Waals surface area contributed by atoms with Crippen LogP contribution in [0, 0.1) is 3.57 Å². The first-order valence-corrected chi connectivity index (χ1v) is 7.25. The summed E-state index contributed by atoms with van der Waals surface area (Å²) in [6, 6.07) is 10.2. The minimum Gasteiger partial charge on any atom is -0.233 e. The average molecular weight is 354 g/mol. The van der Waals surface area contributed by atoms with E-state index in [9.17, 15) is 0 Å². The summed E-state index contributed by atoms with van der Waals surface area (Å²) in [6.07, 6.45) is 8.33. The fourth-order valence-corrected chi connectivity index (χ4v) is 2.05. The molecule has 0 spiro atoms. The number of pyridine rings is 2. The summed E-state index contributed by atoms with van der Waals surface area (Å²) in [4.78, 5) is 4.51. The molecule has 2 aromatic rings. The molecule has 0 aromatic carbocycles. The molecule has 0 radical (unpaired) electrons. The van der Waals surface area contributed by atoms with Gasteiger partial charge in [-0.2, -0.15) is 0 Å². The molecule has 94 valence electrons. The highest BCUT2D eigenvalue weighted by Crippen LogP contribution is 2.11. The Morgan fingerprint density at radius 1 is 1.22 bits per heavy atom. The maximum absolute atomic E-state index is 4.51. The van der Waals surface area contributed by atoms with E-state index >= 15 is 0 Å². The van der Waals surface area contributed by atoms with E-state index < -0.39 is 0 Å². The molecular weight excluding hydrogens is 337 g/mol. The Hall–Kier alpha value is -1.17. The Bertz CT molecular complexity index is 470. The van der Waals surface area contributed by atoms with E-state index in [-0.39, 0.29) is 0 Å². The van der Waals surface area contributed by atoms with Crippen molar-refractivity contribution in [3.05, 3.63) is 52.5 Å². The first kappa shape index (κ1) is 13.3. The topological polar surface area (TPSA) is 20.0 Å². The van der Waals surface area contributed by atoms with Crippen LogP contribution in [0.25, 0.3) is 0 Å². The summed E-state index contributed by atoms with van der Waals surface area (Å²) >= 11 is 2.28. The molecule has 0 saturated heterocycles. The third kappa shape index (κ3) is 3.41.